The first-order chi connectivity index (χ1) is 11.7. The Bertz CT molecular complexity index is 871. The zero-order chi connectivity index (χ0) is 16.5. The number of rotatable bonds is 3. The Morgan fingerprint density at radius 2 is 2.21 bits per heavy atom. The van der Waals surface area contributed by atoms with E-state index in [0.717, 1.165) is 63.6 Å². The lowest BCUT2D eigenvalue weighted by Crippen LogP contribution is -2.37. The highest BCUT2D eigenvalue weighted by Gasteiger charge is 2.20. The van der Waals surface area contributed by atoms with Crippen molar-refractivity contribution in [1.29, 1.82) is 0 Å². The van der Waals surface area contributed by atoms with Crippen LogP contribution in [0.4, 0.5) is 0 Å². The Morgan fingerprint density at radius 1 is 1.29 bits per heavy atom. The van der Waals surface area contributed by atoms with Crippen molar-refractivity contribution in [1.82, 2.24) is 10.3 Å². The second-order valence-corrected chi connectivity index (χ2v) is 7.51. The largest absolute Gasteiger partial charge is 0.488 e. The standard InChI is InChI=1S/C19H19ClN2OS/c1-12-9-13(20)10-17(18(12)23-14-3-2-6-21-11-14)15-4-7-22-19-16(15)5-8-24-19/h4-5,7-10,14,21H,2-3,6,11H2,1H3/t14-/m0/s1. The van der Waals surface area contributed by atoms with Gasteiger partial charge < -0.3 is 10.1 Å². The number of nitrogens with one attached hydrogen (secondary N) is 1. The summed E-state index contributed by atoms with van der Waals surface area (Å²) in [5.41, 5.74) is 3.25. The van der Waals surface area contributed by atoms with Gasteiger partial charge in [-0.25, -0.2) is 4.98 Å². The minimum Gasteiger partial charge on any atom is -0.488 e. The van der Waals surface area contributed by atoms with Crippen LogP contribution in [0.5, 0.6) is 5.75 Å². The molecule has 3 aromatic rings. The van der Waals surface area contributed by atoms with E-state index in [0.29, 0.717) is 0 Å². The number of halogens is 1. The molecule has 1 saturated heterocycles. The fraction of sp³-hybridized carbons (Fsp3) is 0.316. The van der Waals surface area contributed by atoms with E-state index in [1.54, 1.807) is 11.3 Å². The maximum Gasteiger partial charge on any atom is 0.130 e. The first-order valence-corrected chi connectivity index (χ1v) is 9.48. The zero-order valence-corrected chi connectivity index (χ0v) is 15.1. The van der Waals surface area contributed by atoms with Gasteiger partial charge in [-0.2, -0.15) is 0 Å². The number of benzene rings is 1. The van der Waals surface area contributed by atoms with E-state index < -0.39 is 0 Å². The van der Waals surface area contributed by atoms with Crippen LogP contribution in [0.2, 0.25) is 5.02 Å². The van der Waals surface area contributed by atoms with E-state index in [1.165, 1.54) is 0 Å². The molecule has 1 fully saturated rings. The molecular formula is C19H19ClN2OS. The predicted octanol–water partition coefficient (Wildman–Crippen LogP) is 5.06. The zero-order valence-electron chi connectivity index (χ0n) is 13.5. The van der Waals surface area contributed by atoms with E-state index in [9.17, 15) is 0 Å². The predicted molar refractivity (Wildman–Crippen MR) is 101 cm³/mol. The molecule has 0 spiro atoms. The number of ether oxygens (including phenoxy) is 1. The molecule has 0 radical (unpaired) electrons. The fourth-order valence-corrected chi connectivity index (χ4v) is 4.32. The Hall–Kier alpha value is -1.62. The van der Waals surface area contributed by atoms with Crippen LogP contribution in [-0.2, 0) is 0 Å². The molecule has 0 bridgehead atoms. The number of aromatic nitrogens is 1. The van der Waals surface area contributed by atoms with Crippen molar-refractivity contribution in [2.45, 2.75) is 25.9 Å². The SMILES string of the molecule is Cc1cc(Cl)cc(-c2ccnc3sccc23)c1O[C@H]1CCCNC1. The van der Waals surface area contributed by atoms with Crippen LogP contribution in [0.25, 0.3) is 21.3 Å². The summed E-state index contributed by atoms with van der Waals surface area (Å²) in [6.07, 6.45) is 4.29. The summed E-state index contributed by atoms with van der Waals surface area (Å²) in [7, 11) is 0. The molecule has 1 N–H and O–H groups in total. The van der Waals surface area contributed by atoms with Gasteiger partial charge in [0, 0.05) is 28.7 Å². The third-order valence-corrected chi connectivity index (χ3v) is 5.47. The van der Waals surface area contributed by atoms with Crippen LogP contribution in [-0.4, -0.2) is 24.2 Å². The maximum absolute atomic E-state index is 6.41. The number of hydrogen-bond acceptors (Lipinski definition) is 4. The molecule has 3 nitrogen and oxygen atoms in total. The van der Waals surface area contributed by atoms with Crippen molar-refractivity contribution >= 4 is 33.2 Å². The van der Waals surface area contributed by atoms with Crippen molar-refractivity contribution in [3.05, 3.63) is 46.4 Å². The lowest BCUT2D eigenvalue weighted by molar-refractivity contribution is 0.167. The van der Waals surface area contributed by atoms with Gasteiger partial charge in [0.15, 0.2) is 0 Å². The maximum atomic E-state index is 6.41. The van der Waals surface area contributed by atoms with Crippen LogP contribution in [0.3, 0.4) is 0 Å². The average molecular weight is 359 g/mol. The fourth-order valence-electron chi connectivity index (χ4n) is 3.28. The molecule has 0 amide bonds. The normalized spacial score (nSPS) is 18.0. The summed E-state index contributed by atoms with van der Waals surface area (Å²) in [6.45, 7) is 4.03. The molecule has 1 aliphatic heterocycles. The van der Waals surface area contributed by atoms with E-state index in [2.05, 4.69) is 28.7 Å². The molecule has 124 valence electrons. The molecule has 24 heavy (non-hydrogen) atoms. The van der Waals surface area contributed by atoms with Crippen LogP contribution < -0.4 is 10.1 Å². The van der Waals surface area contributed by atoms with E-state index in [-0.39, 0.29) is 6.10 Å². The molecule has 1 aliphatic rings. The van der Waals surface area contributed by atoms with E-state index in [4.69, 9.17) is 16.3 Å². The topological polar surface area (TPSA) is 34.1 Å². The highest BCUT2D eigenvalue weighted by atomic mass is 35.5. The van der Waals surface area contributed by atoms with Crippen molar-refractivity contribution in [3.63, 3.8) is 0 Å². The molecular weight excluding hydrogens is 340 g/mol. The molecule has 3 heterocycles. The van der Waals surface area contributed by atoms with Crippen LogP contribution in [0.1, 0.15) is 18.4 Å². The molecule has 1 aromatic carbocycles. The minimum atomic E-state index is 0.206. The highest BCUT2D eigenvalue weighted by Crippen LogP contribution is 2.40. The van der Waals surface area contributed by atoms with Gasteiger partial charge in [0.1, 0.15) is 16.7 Å². The van der Waals surface area contributed by atoms with Crippen LogP contribution in [0.15, 0.2) is 35.8 Å². The molecule has 0 unspecified atom stereocenters. The highest BCUT2D eigenvalue weighted by molar-refractivity contribution is 7.16. The van der Waals surface area contributed by atoms with Gasteiger partial charge in [0.25, 0.3) is 0 Å². The number of fused-ring (bicyclic) bond motifs is 1. The number of nitrogens with zero attached hydrogens (tertiary/aromatic N) is 1. The Morgan fingerprint density at radius 3 is 3.04 bits per heavy atom. The number of thiophene rings is 1. The number of hydrogen-bond donors (Lipinski definition) is 1. The van der Waals surface area contributed by atoms with Gasteiger partial charge in [-0.05, 0) is 67.1 Å². The monoisotopic (exact) mass is 358 g/mol. The van der Waals surface area contributed by atoms with Crippen molar-refractivity contribution in [2.24, 2.45) is 0 Å². The van der Waals surface area contributed by atoms with Gasteiger partial charge in [-0.1, -0.05) is 11.6 Å². The van der Waals surface area contributed by atoms with Crippen molar-refractivity contribution in [3.8, 4) is 16.9 Å². The summed E-state index contributed by atoms with van der Waals surface area (Å²) >= 11 is 8.01. The first kappa shape index (κ1) is 15.9. The molecule has 2 aromatic heterocycles. The van der Waals surface area contributed by atoms with Gasteiger partial charge >= 0.3 is 0 Å². The van der Waals surface area contributed by atoms with Gasteiger partial charge in [-0.15, -0.1) is 11.3 Å². The van der Waals surface area contributed by atoms with Gasteiger partial charge in [-0.3, -0.25) is 0 Å². The first-order valence-electron chi connectivity index (χ1n) is 8.22. The summed E-state index contributed by atoms with van der Waals surface area (Å²) < 4.78 is 6.41. The average Bonchev–Trinajstić information content (AvgIpc) is 3.07. The lowest BCUT2D eigenvalue weighted by atomic mass is 10.00. The number of pyridine rings is 1. The van der Waals surface area contributed by atoms with E-state index in [1.807, 2.05) is 24.4 Å². The van der Waals surface area contributed by atoms with Crippen LogP contribution >= 0.6 is 22.9 Å². The summed E-state index contributed by atoms with van der Waals surface area (Å²) in [4.78, 5) is 5.49. The number of aryl methyl sites for hydroxylation is 1. The third kappa shape index (κ3) is 3.02. The third-order valence-electron chi connectivity index (χ3n) is 4.43. The lowest BCUT2D eigenvalue weighted by Gasteiger charge is -2.26. The van der Waals surface area contributed by atoms with Gasteiger partial charge in [0.05, 0.1) is 0 Å². The Labute approximate surface area is 150 Å². The minimum absolute atomic E-state index is 0.206. The molecule has 4 rings (SSSR count). The Balaban J connectivity index is 1.83. The van der Waals surface area contributed by atoms with E-state index >= 15 is 0 Å². The molecule has 0 saturated carbocycles. The second-order valence-electron chi connectivity index (χ2n) is 6.18. The summed E-state index contributed by atoms with van der Waals surface area (Å²) in [5, 5.41) is 7.37. The molecule has 1 atom stereocenters. The quantitative estimate of drug-likeness (QED) is 0.710. The second kappa shape index (κ2) is 6.71. The number of piperidine rings is 1. The van der Waals surface area contributed by atoms with Crippen LogP contribution in [0, 0.1) is 6.92 Å². The summed E-state index contributed by atoms with van der Waals surface area (Å²) in [6, 6.07) is 8.14. The molecule has 0 aliphatic carbocycles. The van der Waals surface area contributed by atoms with Crippen molar-refractivity contribution < 1.29 is 4.74 Å². The Kier molecular flexibility index (Phi) is 4.44. The smallest absolute Gasteiger partial charge is 0.130 e. The van der Waals surface area contributed by atoms with Crippen molar-refractivity contribution in [2.75, 3.05) is 13.1 Å². The molecule has 5 heteroatoms. The van der Waals surface area contributed by atoms with Gasteiger partial charge in [0.2, 0.25) is 0 Å². The summed E-state index contributed by atoms with van der Waals surface area (Å²) in [5.74, 6) is 0.937.